The van der Waals surface area contributed by atoms with Gasteiger partial charge in [0, 0.05) is 31.4 Å². The minimum Gasteiger partial charge on any atom is -0.488 e. The van der Waals surface area contributed by atoms with E-state index in [0.29, 0.717) is 17.0 Å². The number of carbonyl (C=O) groups excluding carboxylic acids is 1. The molecule has 0 spiro atoms. The molecular weight excluding hydrogens is 633 g/mol. The predicted octanol–water partition coefficient (Wildman–Crippen LogP) is 9.67. The highest BCUT2D eigenvalue weighted by atomic mass is 16.5. The van der Waals surface area contributed by atoms with E-state index in [1.807, 2.05) is 98.8 Å². The number of benzene rings is 5. The smallest absolute Gasteiger partial charge is 0.258 e. The lowest BCUT2D eigenvalue weighted by atomic mass is 9.59. The van der Waals surface area contributed by atoms with Crippen molar-refractivity contribution >= 4 is 5.91 Å². The summed E-state index contributed by atoms with van der Waals surface area (Å²) < 4.78 is 6.27. The molecule has 0 unspecified atom stereocenters. The monoisotopic (exact) mass is 670 g/mol. The SMILES string of the molecule is Cc1cc(OCc2ccc(-c3ccccc3C3(C(c4ccccc4)(c4ccccc4)c4ccccc4)N=NN=N3)cc2)c(C(=O)N(C)C)c(C)n1. The Morgan fingerprint density at radius 2 is 1.20 bits per heavy atom. The van der Waals surface area contributed by atoms with Gasteiger partial charge in [-0.2, -0.15) is 0 Å². The Bertz CT molecular complexity index is 2110. The van der Waals surface area contributed by atoms with Crippen LogP contribution < -0.4 is 4.74 Å². The van der Waals surface area contributed by atoms with Crippen LogP contribution in [0, 0.1) is 13.8 Å². The minimum atomic E-state index is -1.29. The Kier molecular flexibility index (Phi) is 9.07. The highest BCUT2D eigenvalue weighted by Crippen LogP contribution is 2.58. The van der Waals surface area contributed by atoms with Crippen molar-refractivity contribution in [3.05, 3.63) is 190 Å². The summed E-state index contributed by atoms with van der Waals surface area (Å²) in [4.78, 5) is 19.0. The maximum atomic E-state index is 13.0. The topological polar surface area (TPSA) is 91.9 Å². The first kappa shape index (κ1) is 33.2. The molecule has 2 heterocycles. The van der Waals surface area contributed by atoms with Crippen LogP contribution in [-0.4, -0.2) is 29.9 Å². The van der Waals surface area contributed by atoms with E-state index in [-0.39, 0.29) is 12.5 Å². The summed E-state index contributed by atoms with van der Waals surface area (Å²) in [5, 5.41) is 18.5. The molecular formula is C43H38N6O2. The number of aromatic nitrogens is 1. The van der Waals surface area contributed by atoms with Crippen LogP contribution >= 0.6 is 0 Å². The maximum absolute atomic E-state index is 13.0. The quantitative estimate of drug-likeness (QED) is 0.136. The van der Waals surface area contributed by atoms with Gasteiger partial charge in [-0.05, 0) is 57.7 Å². The Hall–Kier alpha value is -6.28. The van der Waals surface area contributed by atoms with Crippen LogP contribution in [-0.2, 0) is 17.7 Å². The molecule has 51 heavy (non-hydrogen) atoms. The van der Waals surface area contributed by atoms with Crippen molar-refractivity contribution in [3.63, 3.8) is 0 Å². The number of pyridine rings is 1. The standard InChI is InChI=1S/C43H38N6O2/c1-30-28-39(40(31(2)44-30)41(50)49(3)4)51-29-32-24-26-33(27-25-32)37-22-14-15-23-38(37)43(45-47-48-46-43)42(34-16-8-5-9-17-34,35-18-10-6-11-19-35)36-20-12-7-13-21-36/h5-28H,29H2,1-4H3. The lowest BCUT2D eigenvalue weighted by molar-refractivity contribution is 0.0821. The maximum Gasteiger partial charge on any atom is 0.258 e. The Morgan fingerprint density at radius 1 is 0.686 bits per heavy atom. The van der Waals surface area contributed by atoms with Crippen molar-refractivity contribution < 1.29 is 9.53 Å². The third kappa shape index (κ3) is 5.88. The number of rotatable bonds is 10. The summed E-state index contributed by atoms with van der Waals surface area (Å²) in [5.41, 5.74) is 6.47. The van der Waals surface area contributed by atoms with E-state index in [0.717, 1.165) is 44.6 Å². The van der Waals surface area contributed by atoms with Gasteiger partial charge in [0.25, 0.3) is 5.91 Å². The summed E-state index contributed by atoms with van der Waals surface area (Å²) in [6, 6.07) is 49.4. The van der Waals surface area contributed by atoms with E-state index in [9.17, 15) is 4.79 Å². The fourth-order valence-electron chi connectivity index (χ4n) is 7.19. The first-order chi connectivity index (χ1) is 24.8. The average molecular weight is 671 g/mol. The van der Waals surface area contributed by atoms with Crippen molar-refractivity contribution in [2.24, 2.45) is 20.7 Å². The second-order valence-corrected chi connectivity index (χ2v) is 12.9. The summed E-state index contributed by atoms with van der Waals surface area (Å²) in [6.45, 7) is 4.01. The van der Waals surface area contributed by atoms with E-state index in [2.05, 4.69) is 76.1 Å². The van der Waals surface area contributed by atoms with Crippen LogP contribution in [0.2, 0.25) is 0 Å². The van der Waals surface area contributed by atoms with E-state index < -0.39 is 11.1 Å². The third-order valence-corrected chi connectivity index (χ3v) is 9.44. The summed E-state index contributed by atoms with van der Waals surface area (Å²) in [7, 11) is 3.45. The number of hydrogen-bond donors (Lipinski definition) is 0. The molecule has 1 amide bonds. The lowest BCUT2D eigenvalue weighted by Crippen LogP contribution is -2.48. The number of hydrogen-bond acceptors (Lipinski definition) is 7. The van der Waals surface area contributed by atoms with Crippen molar-refractivity contribution in [2.75, 3.05) is 14.1 Å². The summed E-state index contributed by atoms with van der Waals surface area (Å²) in [6.07, 6.45) is 0. The fraction of sp³-hybridized carbons (Fsp3) is 0.163. The highest BCUT2D eigenvalue weighted by molar-refractivity contribution is 5.97. The first-order valence-corrected chi connectivity index (χ1v) is 16.9. The zero-order valence-corrected chi connectivity index (χ0v) is 29.1. The highest BCUT2D eigenvalue weighted by Gasteiger charge is 2.60. The molecule has 8 nitrogen and oxygen atoms in total. The summed E-state index contributed by atoms with van der Waals surface area (Å²) in [5.74, 6) is 0.376. The minimum absolute atomic E-state index is 0.144. The Morgan fingerprint density at radius 3 is 1.73 bits per heavy atom. The van der Waals surface area contributed by atoms with Crippen LogP contribution in [0.4, 0.5) is 0 Å². The van der Waals surface area contributed by atoms with Crippen LogP contribution in [0.5, 0.6) is 5.75 Å². The van der Waals surface area contributed by atoms with Gasteiger partial charge in [0.05, 0.1) is 11.1 Å². The molecule has 0 atom stereocenters. The van der Waals surface area contributed by atoms with Gasteiger partial charge < -0.3 is 9.64 Å². The van der Waals surface area contributed by atoms with Crippen LogP contribution in [0.25, 0.3) is 11.1 Å². The van der Waals surface area contributed by atoms with Gasteiger partial charge in [0.1, 0.15) is 17.9 Å². The van der Waals surface area contributed by atoms with Crippen molar-refractivity contribution in [2.45, 2.75) is 31.5 Å². The summed E-state index contributed by atoms with van der Waals surface area (Å²) >= 11 is 0. The third-order valence-electron chi connectivity index (χ3n) is 9.44. The van der Waals surface area contributed by atoms with Crippen molar-refractivity contribution in [1.82, 2.24) is 9.88 Å². The predicted molar refractivity (Wildman–Crippen MR) is 199 cm³/mol. The van der Waals surface area contributed by atoms with Crippen molar-refractivity contribution in [1.29, 1.82) is 0 Å². The van der Waals surface area contributed by atoms with Crippen LogP contribution in [0.15, 0.2) is 166 Å². The fourth-order valence-corrected chi connectivity index (χ4v) is 7.19. The second-order valence-electron chi connectivity index (χ2n) is 12.9. The van der Waals surface area contributed by atoms with E-state index in [1.165, 1.54) is 4.90 Å². The number of carbonyl (C=O) groups is 1. The number of ether oxygens (including phenoxy) is 1. The van der Waals surface area contributed by atoms with Gasteiger partial charge in [-0.25, -0.2) is 0 Å². The number of amides is 1. The lowest BCUT2D eigenvalue weighted by Gasteiger charge is -2.45. The number of nitrogens with zero attached hydrogens (tertiary/aromatic N) is 6. The Balaban J connectivity index is 1.34. The van der Waals surface area contributed by atoms with Gasteiger partial charge in [-0.1, -0.05) is 140 Å². The second kappa shape index (κ2) is 13.9. The first-order valence-electron chi connectivity index (χ1n) is 16.9. The largest absolute Gasteiger partial charge is 0.488 e. The molecule has 8 heteroatoms. The van der Waals surface area contributed by atoms with Crippen LogP contribution in [0.1, 0.15) is 49.6 Å². The molecule has 5 aromatic carbocycles. The molecule has 252 valence electrons. The van der Waals surface area contributed by atoms with Crippen molar-refractivity contribution in [3.8, 4) is 16.9 Å². The Labute approximate surface area is 298 Å². The molecule has 6 aromatic rings. The van der Waals surface area contributed by atoms with E-state index in [1.54, 1.807) is 14.1 Å². The average Bonchev–Trinajstić information content (AvgIpc) is 3.67. The molecule has 0 N–H and O–H groups in total. The molecule has 0 saturated heterocycles. The van der Waals surface area contributed by atoms with E-state index in [4.69, 9.17) is 15.0 Å². The molecule has 0 fully saturated rings. The molecule has 1 aromatic heterocycles. The van der Waals surface area contributed by atoms with Gasteiger partial charge in [-0.3, -0.25) is 9.78 Å². The van der Waals surface area contributed by atoms with E-state index >= 15 is 0 Å². The molecule has 1 aliphatic rings. The van der Waals surface area contributed by atoms with Crippen LogP contribution in [0.3, 0.4) is 0 Å². The zero-order chi connectivity index (χ0) is 35.4. The normalized spacial score (nSPS) is 13.3. The zero-order valence-electron chi connectivity index (χ0n) is 29.1. The van der Waals surface area contributed by atoms with Gasteiger partial charge >= 0.3 is 0 Å². The molecule has 1 aliphatic heterocycles. The molecule has 0 aliphatic carbocycles. The van der Waals surface area contributed by atoms with Gasteiger partial charge in [0.15, 0.2) is 0 Å². The molecule has 0 saturated carbocycles. The number of aryl methyl sites for hydroxylation is 2. The van der Waals surface area contributed by atoms with Gasteiger partial charge in [0.2, 0.25) is 5.66 Å². The molecule has 0 bridgehead atoms. The van der Waals surface area contributed by atoms with Gasteiger partial charge in [-0.15, -0.1) is 10.2 Å². The molecule has 0 radical (unpaired) electrons. The molecule has 7 rings (SSSR count).